The Labute approximate surface area is 191 Å². The molecule has 3 unspecified atom stereocenters. The van der Waals surface area contributed by atoms with Gasteiger partial charge in [0.1, 0.15) is 6.04 Å². The van der Waals surface area contributed by atoms with E-state index in [2.05, 4.69) is 37.1 Å². The van der Waals surface area contributed by atoms with E-state index >= 15 is 0 Å². The third-order valence-electron chi connectivity index (χ3n) is 5.31. The number of nitrogens with two attached hydrogens (primary N) is 1. The number of nitrogens with zero attached hydrogens (tertiary/aromatic N) is 1. The molecule has 176 valence electrons. The molecule has 1 amide bonds. The molecule has 0 saturated heterocycles. The van der Waals surface area contributed by atoms with Crippen molar-refractivity contribution in [1.29, 1.82) is 0 Å². The highest BCUT2D eigenvalue weighted by Crippen LogP contribution is 2.12. The van der Waals surface area contributed by atoms with Crippen molar-refractivity contribution in [2.75, 3.05) is 32.5 Å². The molecule has 0 aliphatic carbocycles. The van der Waals surface area contributed by atoms with Crippen LogP contribution in [0.1, 0.15) is 25.8 Å². The second-order valence-electron chi connectivity index (χ2n) is 8.26. The predicted molar refractivity (Wildman–Crippen MR) is 126 cm³/mol. The maximum absolute atomic E-state index is 13.1. The number of carboxylic acid groups (broad SMARTS) is 1. The van der Waals surface area contributed by atoms with Crippen molar-refractivity contribution in [2.45, 2.75) is 50.9 Å². The summed E-state index contributed by atoms with van der Waals surface area (Å²) < 4.78 is 0. The summed E-state index contributed by atoms with van der Waals surface area (Å²) in [4.78, 5) is 26.5. The number of aliphatic hydroxyl groups is 1. The zero-order valence-corrected chi connectivity index (χ0v) is 19.6. The molecular formula is C22H38N4O4S. The summed E-state index contributed by atoms with van der Waals surface area (Å²) in [7, 11) is 1.87. The van der Waals surface area contributed by atoms with Gasteiger partial charge in [0.25, 0.3) is 0 Å². The van der Waals surface area contributed by atoms with Gasteiger partial charge in [-0.1, -0.05) is 44.2 Å². The predicted octanol–water partition coefficient (Wildman–Crippen LogP) is 0.353. The first-order valence-electron chi connectivity index (χ1n) is 10.7. The van der Waals surface area contributed by atoms with E-state index in [1.165, 1.54) is 0 Å². The first kappa shape index (κ1) is 27.4. The summed E-state index contributed by atoms with van der Waals surface area (Å²) in [6.07, 6.45) is 0.399. The van der Waals surface area contributed by atoms with E-state index in [0.29, 0.717) is 31.2 Å². The van der Waals surface area contributed by atoms with Gasteiger partial charge in [0.15, 0.2) is 0 Å². The number of thiol groups is 1. The fraction of sp³-hybridized carbons (Fsp3) is 0.636. The Morgan fingerprint density at radius 2 is 1.87 bits per heavy atom. The number of benzene rings is 1. The molecule has 1 aromatic rings. The monoisotopic (exact) mass is 454 g/mol. The Morgan fingerprint density at radius 3 is 2.39 bits per heavy atom. The number of aliphatic hydroxyl groups excluding tert-OH is 1. The maximum atomic E-state index is 13.1. The lowest BCUT2D eigenvalue weighted by Crippen LogP contribution is -2.55. The maximum Gasteiger partial charge on any atom is 0.326 e. The van der Waals surface area contributed by atoms with Crippen LogP contribution in [0.4, 0.5) is 0 Å². The van der Waals surface area contributed by atoms with Crippen molar-refractivity contribution in [1.82, 2.24) is 15.5 Å². The molecule has 6 N–H and O–H groups in total. The Morgan fingerprint density at radius 1 is 1.23 bits per heavy atom. The fourth-order valence-electron chi connectivity index (χ4n) is 3.26. The Balaban J connectivity index is 2.99. The van der Waals surface area contributed by atoms with E-state index in [-0.39, 0.29) is 31.0 Å². The van der Waals surface area contributed by atoms with Gasteiger partial charge in [0, 0.05) is 44.0 Å². The summed E-state index contributed by atoms with van der Waals surface area (Å²) in [5.41, 5.74) is 6.96. The molecule has 31 heavy (non-hydrogen) atoms. The van der Waals surface area contributed by atoms with Crippen LogP contribution in [0.3, 0.4) is 0 Å². The number of amides is 1. The summed E-state index contributed by atoms with van der Waals surface area (Å²) in [6, 6.07) is 7.96. The molecule has 4 atom stereocenters. The third kappa shape index (κ3) is 10.0. The first-order valence-corrected chi connectivity index (χ1v) is 11.3. The van der Waals surface area contributed by atoms with Crippen LogP contribution in [0.5, 0.6) is 0 Å². The second-order valence-corrected chi connectivity index (χ2v) is 8.62. The van der Waals surface area contributed by atoms with Crippen LogP contribution in [-0.2, 0) is 16.0 Å². The SMILES string of the molecule is CC(C)C(CN(C)C(Cc1ccccc1)C(=O)NC(CCO)C(=O)O)NC[C@H](N)CS. The van der Waals surface area contributed by atoms with Crippen molar-refractivity contribution in [2.24, 2.45) is 11.7 Å². The molecule has 0 aromatic heterocycles. The highest BCUT2D eigenvalue weighted by atomic mass is 32.1. The van der Waals surface area contributed by atoms with E-state index < -0.39 is 18.1 Å². The lowest BCUT2D eigenvalue weighted by Gasteiger charge is -2.34. The van der Waals surface area contributed by atoms with E-state index in [1.807, 2.05) is 42.3 Å². The number of hydrogen-bond donors (Lipinski definition) is 6. The highest BCUT2D eigenvalue weighted by molar-refractivity contribution is 7.80. The van der Waals surface area contributed by atoms with Crippen LogP contribution < -0.4 is 16.4 Å². The van der Waals surface area contributed by atoms with Crippen molar-refractivity contribution in [3.8, 4) is 0 Å². The van der Waals surface area contributed by atoms with Crippen molar-refractivity contribution in [3.63, 3.8) is 0 Å². The number of rotatable bonds is 15. The quantitative estimate of drug-likeness (QED) is 0.211. The average Bonchev–Trinajstić information content (AvgIpc) is 2.74. The van der Waals surface area contributed by atoms with Crippen molar-refractivity contribution >= 4 is 24.5 Å². The molecule has 0 aliphatic rings. The minimum atomic E-state index is -1.16. The smallest absolute Gasteiger partial charge is 0.326 e. The van der Waals surface area contributed by atoms with Crippen LogP contribution >= 0.6 is 12.6 Å². The number of carbonyl (C=O) groups excluding carboxylic acids is 1. The normalized spacial score (nSPS) is 15.5. The molecule has 0 heterocycles. The van der Waals surface area contributed by atoms with E-state index in [0.717, 1.165) is 5.56 Å². The zero-order valence-electron chi connectivity index (χ0n) is 18.7. The van der Waals surface area contributed by atoms with Gasteiger partial charge in [-0.15, -0.1) is 0 Å². The van der Waals surface area contributed by atoms with Crippen LogP contribution in [0, 0.1) is 5.92 Å². The summed E-state index contributed by atoms with van der Waals surface area (Å²) >= 11 is 4.23. The zero-order chi connectivity index (χ0) is 23.4. The Hall–Kier alpha value is -1.65. The van der Waals surface area contributed by atoms with Gasteiger partial charge < -0.3 is 26.6 Å². The van der Waals surface area contributed by atoms with Crippen LogP contribution in [0.15, 0.2) is 30.3 Å². The summed E-state index contributed by atoms with van der Waals surface area (Å²) in [6.45, 7) is 5.09. The second kappa shape index (κ2) is 14.4. The number of likely N-dealkylation sites (N-methyl/N-ethyl adjacent to an activating group) is 1. The Bertz CT molecular complexity index is 662. The van der Waals surface area contributed by atoms with Gasteiger partial charge in [0.2, 0.25) is 5.91 Å². The first-order chi connectivity index (χ1) is 14.7. The molecule has 0 spiro atoms. The average molecular weight is 455 g/mol. The van der Waals surface area contributed by atoms with Crippen LogP contribution in [0.2, 0.25) is 0 Å². The molecule has 1 rings (SSSR count). The molecule has 0 bridgehead atoms. The number of carboxylic acids is 1. The van der Waals surface area contributed by atoms with Crippen LogP contribution in [-0.4, -0.2) is 83.7 Å². The van der Waals surface area contributed by atoms with E-state index in [9.17, 15) is 14.7 Å². The topological polar surface area (TPSA) is 128 Å². The molecule has 0 fully saturated rings. The number of nitrogens with one attached hydrogen (secondary N) is 2. The lowest BCUT2D eigenvalue weighted by atomic mass is 9.99. The van der Waals surface area contributed by atoms with Gasteiger partial charge >= 0.3 is 5.97 Å². The molecule has 0 saturated carbocycles. The van der Waals surface area contributed by atoms with E-state index in [1.54, 1.807) is 0 Å². The molecular weight excluding hydrogens is 416 g/mol. The Kier molecular flexibility index (Phi) is 12.7. The third-order valence-corrected chi connectivity index (χ3v) is 5.77. The molecule has 9 heteroatoms. The summed E-state index contributed by atoms with van der Waals surface area (Å²) in [5, 5.41) is 24.5. The standard InChI is InChI=1S/C22H38N4O4S/c1-15(2)19(24-12-17(23)14-31)13-26(3)20(11-16-7-5-4-6-8-16)21(28)25-18(9-10-27)22(29)30/h4-8,15,17-20,24,27,31H,9-14,23H2,1-3H3,(H,25,28)(H,29,30)/t17-,18?,19?,20?/m0/s1. The molecule has 1 aromatic carbocycles. The van der Waals surface area contributed by atoms with Crippen molar-refractivity contribution < 1.29 is 19.8 Å². The molecule has 0 radical (unpaired) electrons. The van der Waals surface area contributed by atoms with Gasteiger partial charge in [-0.3, -0.25) is 9.69 Å². The molecule has 8 nitrogen and oxygen atoms in total. The summed E-state index contributed by atoms with van der Waals surface area (Å²) in [5.74, 6) is -0.655. The van der Waals surface area contributed by atoms with Gasteiger partial charge in [-0.2, -0.15) is 12.6 Å². The van der Waals surface area contributed by atoms with Gasteiger partial charge in [0.05, 0.1) is 6.04 Å². The molecule has 0 aliphatic heterocycles. The lowest BCUT2D eigenvalue weighted by molar-refractivity contribution is -0.143. The minimum Gasteiger partial charge on any atom is -0.480 e. The number of hydrogen-bond acceptors (Lipinski definition) is 7. The number of aliphatic carboxylic acids is 1. The van der Waals surface area contributed by atoms with Gasteiger partial charge in [-0.05, 0) is 24.9 Å². The highest BCUT2D eigenvalue weighted by Gasteiger charge is 2.30. The minimum absolute atomic E-state index is 0.0410. The van der Waals surface area contributed by atoms with Crippen molar-refractivity contribution in [3.05, 3.63) is 35.9 Å². The van der Waals surface area contributed by atoms with Gasteiger partial charge in [-0.25, -0.2) is 4.79 Å². The largest absolute Gasteiger partial charge is 0.480 e. The number of carbonyl (C=O) groups is 2. The fourth-order valence-corrected chi connectivity index (χ4v) is 3.39. The van der Waals surface area contributed by atoms with E-state index in [4.69, 9.17) is 10.8 Å². The van der Waals surface area contributed by atoms with Crippen LogP contribution in [0.25, 0.3) is 0 Å².